The second-order valence-electron chi connectivity index (χ2n) is 4.95. The monoisotopic (exact) mass is 401 g/mol. The van der Waals surface area contributed by atoms with Gasteiger partial charge in [-0.2, -0.15) is 9.25 Å². The van der Waals surface area contributed by atoms with Crippen molar-refractivity contribution in [2.24, 2.45) is 0 Å². The topological polar surface area (TPSA) is 77.1 Å². The lowest BCUT2D eigenvalue weighted by Crippen LogP contribution is -2.32. The minimum Gasteiger partial charge on any atom is -0.480 e. The van der Waals surface area contributed by atoms with Crippen molar-refractivity contribution in [3.05, 3.63) is 44.8 Å². The standard InChI is InChI=1S/C13H9Cl2F4N3O3/c1-5-20-22(12(25)21(5)13(17,18)19)10-3-6(2-8(15)11(23)24)7(14)4-9(10)16/h3-4,8H,2H2,1H3,(H,23,24). The summed E-state index contributed by atoms with van der Waals surface area (Å²) in [5.74, 6) is -3.17. The summed E-state index contributed by atoms with van der Waals surface area (Å²) in [5.41, 5.74) is -2.20. The van der Waals surface area contributed by atoms with Crippen molar-refractivity contribution in [2.75, 3.05) is 0 Å². The molecule has 1 heterocycles. The third-order valence-corrected chi connectivity index (χ3v) is 3.90. The first-order valence-corrected chi connectivity index (χ1v) is 7.36. The summed E-state index contributed by atoms with van der Waals surface area (Å²) >= 11 is 11.4. The normalized spacial score (nSPS) is 13.1. The van der Waals surface area contributed by atoms with Crippen molar-refractivity contribution in [3.63, 3.8) is 0 Å². The molecule has 2 aromatic rings. The second kappa shape index (κ2) is 6.68. The molecule has 0 saturated heterocycles. The number of rotatable bonds is 4. The van der Waals surface area contributed by atoms with Crippen molar-refractivity contribution in [3.8, 4) is 5.69 Å². The molecule has 0 spiro atoms. The number of carboxylic acids is 1. The fourth-order valence-electron chi connectivity index (χ4n) is 2.09. The zero-order valence-electron chi connectivity index (χ0n) is 12.3. The van der Waals surface area contributed by atoms with Gasteiger partial charge in [-0.15, -0.1) is 29.9 Å². The van der Waals surface area contributed by atoms with E-state index in [1.165, 1.54) is 0 Å². The number of hydrogen-bond acceptors (Lipinski definition) is 3. The minimum atomic E-state index is -5.03. The van der Waals surface area contributed by atoms with E-state index in [4.69, 9.17) is 28.3 Å². The Bertz CT molecular complexity index is 892. The van der Waals surface area contributed by atoms with Crippen LogP contribution in [0.4, 0.5) is 17.6 Å². The Morgan fingerprint density at radius 2 is 2.00 bits per heavy atom. The Kier molecular flexibility index (Phi) is 5.14. The predicted octanol–water partition coefficient (Wildman–Crippen LogP) is 2.85. The van der Waals surface area contributed by atoms with Crippen LogP contribution in [0.2, 0.25) is 5.02 Å². The van der Waals surface area contributed by atoms with Crippen LogP contribution in [-0.2, 0) is 17.5 Å². The van der Waals surface area contributed by atoms with Crippen LogP contribution in [0.1, 0.15) is 11.4 Å². The molecule has 1 aromatic carbocycles. The molecule has 1 aromatic heterocycles. The molecule has 0 aliphatic rings. The Balaban J connectivity index is 2.61. The van der Waals surface area contributed by atoms with E-state index < -0.39 is 45.2 Å². The second-order valence-corrected chi connectivity index (χ2v) is 5.88. The van der Waals surface area contributed by atoms with Gasteiger partial charge in [0, 0.05) is 11.4 Å². The van der Waals surface area contributed by atoms with Crippen LogP contribution >= 0.6 is 23.2 Å². The Hall–Kier alpha value is -2.07. The van der Waals surface area contributed by atoms with Crippen molar-refractivity contribution in [2.45, 2.75) is 25.0 Å². The fourth-order valence-corrected chi connectivity index (χ4v) is 2.49. The number of nitrogens with zero attached hydrogens (tertiary/aromatic N) is 3. The number of alkyl halides is 4. The van der Waals surface area contributed by atoms with E-state index in [-0.39, 0.29) is 21.7 Å². The van der Waals surface area contributed by atoms with Crippen molar-refractivity contribution >= 4 is 29.2 Å². The van der Waals surface area contributed by atoms with Gasteiger partial charge in [-0.1, -0.05) is 11.6 Å². The zero-order chi connectivity index (χ0) is 19.1. The molecule has 1 atom stereocenters. The average Bonchev–Trinajstić information content (AvgIpc) is 2.76. The van der Waals surface area contributed by atoms with Gasteiger partial charge in [0.15, 0.2) is 5.82 Å². The Labute approximate surface area is 147 Å². The summed E-state index contributed by atoms with van der Waals surface area (Å²) in [6, 6.07) is 1.68. The molecule has 0 bridgehead atoms. The van der Waals surface area contributed by atoms with E-state index in [9.17, 15) is 27.2 Å². The maximum absolute atomic E-state index is 14.1. The first-order chi connectivity index (χ1) is 11.4. The molecular weight excluding hydrogens is 393 g/mol. The van der Waals surface area contributed by atoms with Gasteiger partial charge in [-0.05, 0) is 24.6 Å². The summed E-state index contributed by atoms with van der Waals surface area (Å²) in [5, 5.41) is 10.6. The highest BCUT2D eigenvalue weighted by Crippen LogP contribution is 2.26. The smallest absolute Gasteiger partial charge is 0.480 e. The highest BCUT2D eigenvalue weighted by Gasteiger charge is 2.36. The summed E-state index contributed by atoms with van der Waals surface area (Å²) < 4.78 is 52.3. The van der Waals surface area contributed by atoms with Crippen LogP contribution in [0, 0.1) is 12.7 Å². The summed E-state index contributed by atoms with van der Waals surface area (Å²) in [6.45, 7) is 0.930. The number of halogens is 6. The Morgan fingerprint density at radius 3 is 2.48 bits per heavy atom. The summed E-state index contributed by atoms with van der Waals surface area (Å²) in [4.78, 5) is 22.7. The molecule has 25 heavy (non-hydrogen) atoms. The van der Waals surface area contributed by atoms with Gasteiger partial charge < -0.3 is 5.11 Å². The van der Waals surface area contributed by atoms with E-state index in [1.54, 1.807) is 0 Å². The van der Waals surface area contributed by atoms with Crippen molar-refractivity contribution in [1.29, 1.82) is 0 Å². The van der Waals surface area contributed by atoms with Crippen molar-refractivity contribution in [1.82, 2.24) is 14.3 Å². The molecule has 0 aliphatic carbocycles. The first kappa shape index (κ1) is 19.3. The van der Waals surface area contributed by atoms with Gasteiger partial charge in [-0.25, -0.2) is 9.18 Å². The van der Waals surface area contributed by atoms with E-state index in [2.05, 4.69) is 5.10 Å². The molecule has 12 heteroatoms. The Morgan fingerprint density at radius 1 is 1.40 bits per heavy atom. The lowest BCUT2D eigenvalue weighted by atomic mass is 10.1. The van der Waals surface area contributed by atoms with E-state index in [1.807, 2.05) is 0 Å². The molecule has 2 rings (SSSR count). The molecular formula is C13H9Cl2F4N3O3. The van der Waals surface area contributed by atoms with Gasteiger partial charge in [-0.3, -0.25) is 4.79 Å². The first-order valence-electron chi connectivity index (χ1n) is 6.54. The van der Waals surface area contributed by atoms with Crippen LogP contribution in [0.25, 0.3) is 5.69 Å². The van der Waals surface area contributed by atoms with Gasteiger partial charge in [0.1, 0.15) is 16.9 Å². The summed E-state index contributed by atoms with van der Waals surface area (Å²) in [7, 11) is 0. The number of carboxylic acid groups (broad SMARTS) is 1. The maximum atomic E-state index is 14.1. The summed E-state index contributed by atoms with van der Waals surface area (Å²) in [6.07, 6.45) is -5.37. The van der Waals surface area contributed by atoms with Crippen LogP contribution in [0.5, 0.6) is 0 Å². The third-order valence-electron chi connectivity index (χ3n) is 3.21. The highest BCUT2D eigenvalue weighted by atomic mass is 35.5. The predicted molar refractivity (Wildman–Crippen MR) is 79.8 cm³/mol. The lowest BCUT2D eigenvalue weighted by molar-refractivity contribution is -0.207. The van der Waals surface area contributed by atoms with Gasteiger partial charge in [0.05, 0.1) is 0 Å². The number of hydrogen-bond donors (Lipinski definition) is 1. The third kappa shape index (κ3) is 3.79. The molecule has 136 valence electrons. The lowest BCUT2D eigenvalue weighted by Gasteiger charge is -2.10. The SMILES string of the molecule is Cc1nn(-c2cc(CC(Cl)C(=O)O)c(Cl)cc2F)c(=O)n1C(F)(F)F. The maximum Gasteiger partial charge on any atom is 0.494 e. The molecule has 0 saturated carbocycles. The number of benzene rings is 1. The van der Waals surface area contributed by atoms with E-state index in [0.29, 0.717) is 0 Å². The molecule has 0 radical (unpaired) electrons. The number of aromatic nitrogens is 3. The van der Waals surface area contributed by atoms with E-state index >= 15 is 0 Å². The fraction of sp³-hybridized carbons (Fsp3) is 0.308. The zero-order valence-corrected chi connectivity index (χ0v) is 13.8. The number of carbonyl (C=O) groups is 1. The van der Waals surface area contributed by atoms with Crippen LogP contribution in [-0.4, -0.2) is 30.8 Å². The average molecular weight is 402 g/mol. The quantitative estimate of drug-likeness (QED) is 0.631. The van der Waals surface area contributed by atoms with Gasteiger partial charge in [0.2, 0.25) is 0 Å². The van der Waals surface area contributed by atoms with Crippen LogP contribution in [0.3, 0.4) is 0 Å². The number of aliphatic carboxylic acids is 1. The molecule has 0 fully saturated rings. The molecule has 0 aliphatic heterocycles. The molecule has 6 nitrogen and oxygen atoms in total. The minimum absolute atomic E-state index is 0.0339. The highest BCUT2D eigenvalue weighted by molar-refractivity contribution is 6.32. The van der Waals surface area contributed by atoms with Crippen molar-refractivity contribution < 1.29 is 27.5 Å². The molecule has 1 unspecified atom stereocenters. The molecule has 1 N–H and O–H groups in total. The molecule has 0 amide bonds. The van der Waals surface area contributed by atoms with Crippen LogP contribution < -0.4 is 5.69 Å². The van der Waals surface area contributed by atoms with Gasteiger partial charge >= 0.3 is 18.0 Å². The number of aryl methyl sites for hydroxylation is 1. The largest absolute Gasteiger partial charge is 0.494 e. The van der Waals surface area contributed by atoms with Crippen LogP contribution in [0.15, 0.2) is 16.9 Å². The van der Waals surface area contributed by atoms with E-state index in [0.717, 1.165) is 19.1 Å². The van der Waals surface area contributed by atoms with Gasteiger partial charge in [0.25, 0.3) is 0 Å².